The molecule has 0 radical (unpaired) electrons. The number of benzene rings is 10. The standard InChI is InChI=1S/C62H31N5O3/c63-32-46-51(65-48-19-7-1-13-34(48)40-25-28-43-37-16-4-10-22-53(37)68-60(43)57(40)65)31-52(66-49-20-8-2-14-35(49)41-26-29-44-38-17-5-11-23-54(38)69-61(44)58(41)66)47(33-64)56(46)67-50-21-9-3-15-36(50)42-27-30-45-39-18-6-12-24-55(39)70-62(45)59(42)67/h1-31H. The van der Waals surface area contributed by atoms with Crippen molar-refractivity contribution in [2.45, 2.75) is 0 Å². The third-order valence-electron chi connectivity index (χ3n) is 14.7. The highest BCUT2D eigenvalue weighted by Gasteiger charge is 2.31. The van der Waals surface area contributed by atoms with Crippen LogP contribution >= 0.6 is 0 Å². The lowest BCUT2D eigenvalue weighted by Gasteiger charge is -2.21. The summed E-state index contributed by atoms with van der Waals surface area (Å²) in [6, 6.07) is 69.4. The van der Waals surface area contributed by atoms with Gasteiger partial charge in [0, 0.05) is 64.6 Å². The molecule has 0 saturated carbocycles. The fraction of sp³-hybridized carbons (Fsp3) is 0. The van der Waals surface area contributed by atoms with Crippen LogP contribution in [0.4, 0.5) is 0 Å². The molecule has 6 aromatic heterocycles. The summed E-state index contributed by atoms with van der Waals surface area (Å²) in [6.45, 7) is 0. The highest BCUT2D eigenvalue weighted by atomic mass is 16.3. The molecular formula is C62H31N5O3. The SMILES string of the molecule is N#Cc1c(-n2c3ccccc3c3ccc4c5ccccc5oc4c32)cc(-n2c3ccccc3c3ccc4c5ccccc5oc4c32)c(C#N)c1-n1c2ccccc2c2ccc3c4ccccc4oc3c21. The number of para-hydroxylation sites is 6. The first-order valence-corrected chi connectivity index (χ1v) is 23.2. The van der Waals surface area contributed by atoms with E-state index in [2.05, 4.69) is 117 Å². The minimum atomic E-state index is 0.307. The highest BCUT2D eigenvalue weighted by molar-refractivity contribution is 6.25. The second-order valence-electron chi connectivity index (χ2n) is 18.1. The predicted octanol–water partition coefficient (Wildman–Crippen LogP) is 16.4. The lowest BCUT2D eigenvalue weighted by molar-refractivity contribution is 0.671. The van der Waals surface area contributed by atoms with Crippen molar-refractivity contribution in [3.05, 3.63) is 199 Å². The Kier molecular flexibility index (Phi) is 7.06. The summed E-state index contributed by atoms with van der Waals surface area (Å²) in [5.41, 5.74) is 11.5. The van der Waals surface area contributed by atoms with E-state index in [1.165, 1.54) is 0 Å². The largest absolute Gasteiger partial charge is 0.454 e. The maximum Gasteiger partial charge on any atom is 0.160 e. The van der Waals surface area contributed by atoms with Crippen LogP contribution in [-0.2, 0) is 0 Å². The average Bonchev–Trinajstić information content (AvgIpc) is 4.26. The van der Waals surface area contributed by atoms with Crippen molar-refractivity contribution >= 4 is 131 Å². The van der Waals surface area contributed by atoms with Crippen molar-refractivity contribution < 1.29 is 13.3 Å². The van der Waals surface area contributed by atoms with E-state index in [4.69, 9.17) is 13.3 Å². The molecule has 6 heterocycles. The van der Waals surface area contributed by atoms with Crippen LogP contribution < -0.4 is 0 Å². The zero-order valence-corrected chi connectivity index (χ0v) is 36.9. The molecular weight excluding hydrogens is 863 g/mol. The van der Waals surface area contributed by atoms with E-state index >= 15 is 0 Å². The van der Waals surface area contributed by atoms with Crippen molar-refractivity contribution in [1.82, 2.24) is 13.7 Å². The highest BCUT2D eigenvalue weighted by Crippen LogP contribution is 2.48. The number of nitrogens with zero attached hydrogens (tertiary/aromatic N) is 5. The first kappa shape index (κ1) is 37.1. The van der Waals surface area contributed by atoms with Crippen molar-refractivity contribution in [1.29, 1.82) is 10.5 Å². The van der Waals surface area contributed by atoms with Gasteiger partial charge in [-0.2, -0.15) is 10.5 Å². The molecule has 322 valence electrons. The molecule has 16 aromatic rings. The zero-order chi connectivity index (χ0) is 45.9. The van der Waals surface area contributed by atoms with Gasteiger partial charge in [-0.15, -0.1) is 0 Å². The topological polar surface area (TPSA) is 102 Å². The summed E-state index contributed by atoms with van der Waals surface area (Å²) >= 11 is 0. The number of rotatable bonds is 3. The minimum absolute atomic E-state index is 0.307. The van der Waals surface area contributed by atoms with Crippen LogP contribution in [0.1, 0.15) is 11.1 Å². The average molecular weight is 894 g/mol. The van der Waals surface area contributed by atoms with E-state index in [-0.39, 0.29) is 0 Å². The molecule has 0 fully saturated rings. The van der Waals surface area contributed by atoms with Crippen LogP contribution in [0, 0.1) is 22.7 Å². The van der Waals surface area contributed by atoms with Gasteiger partial charge in [-0.25, -0.2) is 0 Å². The van der Waals surface area contributed by atoms with Crippen LogP contribution in [-0.4, -0.2) is 13.7 Å². The van der Waals surface area contributed by atoms with Gasteiger partial charge in [0.2, 0.25) is 0 Å². The third-order valence-corrected chi connectivity index (χ3v) is 14.7. The second-order valence-corrected chi connectivity index (χ2v) is 18.1. The van der Waals surface area contributed by atoms with Crippen molar-refractivity contribution in [3.63, 3.8) is 0 Å². The molecule has 0 saturated heterocycles. The molecule has 0 spiro atoms. The molecule has 8 heteroatoms. The number of fused-ring (bicyclic) bond motifs is 21. The summed E-state index contributed by atoms with van der Waals surface area (Å²) in [7, 11) is 0. The summed E-state index contributed by atoms with van der Waals surface area (Å²) < 4.78 is 27.1. The fourth-order valence-electron chi connectivity index (χ4n) is 11.9. The van der Waals surface area contributed by atoms with Gasteiger partial charge in [0.05, 0.1) is 50.2 Å². The first-order valence-electron chi connectivity index (χ1n) is 23.2. The Labute approximate surface area is 395 Å². The number of hydrogen-bond donors (Lipinski definition) is 0. The smallest absolute Gasteiger partial charge is 0.160 e. The van der Waals surface area contributed by atoms with E-state index < -0.39 is 0 Å². The summed E-state index contributed by atoms with van der Waals surface area (Å²) in [5.74, 6) is 0. The minimum Gasteiger partial charge on any atom is -0.454 e. The fourth-order valence-corrected chi connectivity index (χ4v) is 11.9. The molecule has 0 N–H and O–H groups in total. The third kappa shape index (κ3) is 4.57. The van der Waals surface area contributed by atoms with E-state index in [0.29, 0.717) is 44.9 Å². The summed E-state index contributed by atoms with van der Waals surface area (Å²) in [4.78, 5) is 0. The van der Waals surface area contributed by atoms with E-state index in [0.717, 1.165) is 114 Å². The van der Waals surface area contributed by atoms with Gasteiger partial charge in [-0.05, 0) is 60.7 Å². The lowest BCUT2D eigenvalue weighted by Crippen LogP contribution is -2.11. The monoisotopic (exact) mass is 893 g/mol. The van der Waals surface area contributed by atoms with Crippen LogP contribution in [0.2, 0.25) is 0 Å². The van der Waals surface area contributed by atoms with Crippen molar-refractivity contribution in [3.8, 4) is 29.2 Å². The molecule has 70 heavy (non-hydrogen) atoms. The van der Waals surface area contributed by atoms with Gasteiger partial charge in [-0.3, -0.25) is 0 Å². The summed E-state index contributed by atoms with van der Waals surface area (Å²) in [5, 5.41) is 35.9. The Morgan fingerprint density at radius 3 is 0.971 bits per heavy atom. The normalized spacial score (nSPS) is 12.3. The molecule has 16 rings (SSSR count). The number of furan rings is 3. The molecule has 8 nitrogen and oxygen atoms in total. The predicted molar refractivity (Wildman–Crippen MR) is 281 cm³/mol. The maximum atomic E-state index is 12.1. The quantitative estimate of drug-likeness (QED) is 0.176. The van der Waals surface area contributed by atoms with E-state index in [9.17, 15) is 10.5 Å². The zero-order valence-electron chi connectivity index (χ0n) is 36.9. The molecule has 0 aliphatic rings. The molecule has 0 atom stereocenters. The van der Waals surface area contributed by atoms with Gasteiger partial charge >= 0.3 is 0 Å². The van der Waals surface area contributed by atoms with Crippen LogP contribution in [0.5, 0.6) is 0 Å². The van der Waals surface area contributed by atoms with Gasteiger partial charge in [0.1, 0.15) is 40.0 Å². The van der Waals surface area contributed by atoms with Crippen LogP contribution in [0.25, 0.3) is 148 Å². The van der Waals surface area contributed by atoms with Crippen LogP contribution in [0.3, 0.4) is 0 Å². The van der Waals surface area contributed by atoms with Crippen LogP contribution in [0.15, 0.2) is 201 Å². The maximum absolute atomic E-state index is 12.1. The van der Waals surface area contributed by atoms with Gasteiger partial charge in [0.25, 0.3) is 0 Å². The Hall–Kier alpha value is -10.0. The second kappa shape index (κ2) is 13.3. The van der Waals surface area contributed by atoms with Crippen molar-refractivity contribution in [2.24, 2.45) is 0 Å². The number of nitriles is 2. The van der Waals surface area contributed by atoms with Gasteiger partial charge in [0.15, 0.2) is 16.7 Å². The van der Waals surface area contributed by atoms with Gasteiger partial charge < -0.3 is 27.0 Å². The van der Waals surface area contributed by atoms with Gasteiger partial charge in [-0.1, -0.05) is 127 Å². The molecule has 0 aliphatic carbocycles. The number of hydrogen-bond acceptors (Lipinski definition) is 5. The Balaban J connectivity index is 1.18. The number of aromatic nitrogens is 3. The Morgan fingerprint density at radius 2 is 0.600 bits per heavy atom. The molecule has 0 bridgehead atoms. The molecule has 0 amide bonds. The molecule has 10 aromatic carbocycles. The molecule has 0 aliphatic heterocycles. The summed E-state index contributed by atoms with van der Waals surface area (Å²) in [6.07, 6.45) is 0. The van der Waals surface area contributed by atoms with Crippen molar-refractivity contribution in [2.75, 3.05) is 0 Å². The Morgan fingerprint density at radius 1 is 0.300 bits per heavy atom. The van der Waals surface area contributed by atoms with E-state index in [1.807, 2.05) is 97.1 Å². The molecule has 0 unspecified atom stereocenters. The Bertz CT molecular complexity index is 4890. The van der Waals surface area contributed by atoms with E-state index in [1.54, 1.807) is 0 Å². The first-order chi connectivity index (χ1) is 34.7. The lowest BCUT2D eigenvalue weighted by atomic mass is 10.0.